The van der Waals surface area contributed by atoms with Crippen LogP contribution < -0.4 is 0 Å². The van der Waals surface area contributed by atoms with Gasteiger partial charge in [-0.3, -0.25) is 0 Å². The maximum absolute atomic E-state index is 8.41. The average molecular weight is 211 g/mol. The van der Waals surface area contributed by atoms with Gasteiger partial charge in [0, 0.05) is 4.75 Å². The zero-order valence-electron chi connectivity index (χ0n) is 8.57. The van der Waals surface area contributed by atoms with Crippen molar-refractivity contribution in [1.29, 1.82) is 5.26 Å². The first-order chi connectivity index (χ1) is 6.51. The molecule has 1 aromatic heterocycles. The van der Waals surface area contributed by atoms with E-state index >= 15 is 0 Å². The standard InChI is InChI=1S/C9H13N3OS/c1-9(2,3)14-6-7-11-8(4-5-10)13-12-7/h4,6H2,1-3H3. The van der Waals surface area contributed by atoms with Crippen LogP contribution in [0, 0.1) is 11.3 Å². The Morgan fingerprint density at radius 2 is 2.21 bits per heavy atom. The fourth-order valence-electron chi connectivity index (χ4n) is 0.769. The Balaban J connectivity index is 2.49. The molecule has 0 amide bonds. The van der Waals surface area contributed by atoms with E-state index in [1.165, 1.54) is 0 Å². The van der Waals surface area contributed by atoms with E-state index in [0.717, 1.165) is 5.75 Å². The molecule has 1 heterocycles. The summed E-state index contributed by atoms with van der Waals surface area (Å²) in [6, 6.07) is 1.97. The summed E-state index contributed by atoms with van der Waals surface area (Å²) in [5.41, 5.74) is 0. The molecule has 0 unspecified atom stereocenters. The van der Waals surface area contributed by atoms with Crippen LogP contribution in [0.1, 0.15) is 32.5 Å². The van der Waals surface area contributed by atoms with E-state index in [-0.39, 0.29) is 11.2 Å². The van der Waals surface area contributed by atoms with Crippen molar-refractivity contribution in [3.05, 3.63) is 11.7 Å². The van der Waals surface area contributed by atoms with Crippen molar-refractivity contribution >= 4 is 11.8 Å². The van der Waals surface area contributed by atoms with Gasteiger partial charge in [0.05, 0.1) is 11.8 Å². The summed E-state index contributed by atoms with van der Waals surface area (Å²) in [4.78, 5) is 4.08. The Hall–Kier alpha value is -1.02. The first-order valence-electron chi connectivity index (χ1n) is 4.33. The summed E-state index contributed by atoms with van der Waals surface area (Å²) in [6.07, 6.45) is 0.188. The minimum atomic E-state index is 0.188. The van der Waals surface area contributed by atoms with Gasteiger partial charge >= 0.3 is 0 Å². The second-order valence-electron chi connectivity index (χ2n) is 3.84. The lowest BCUT2D eigenvalue weighted by Crippen LogP contribution is -2.07. The molecular formula is C9H13N3OS. The lowest BCUT2D eigenvalue weighted by molar-refractivity contribution is 0.383. The van der Waals surface area contributed by atoms with Crippen LogP contribution in [0.25, 0.3) is 0 Å². The summed E-state index contributed by atoms with van der Waals surface area (Å²) in [5, 5.41) is 12.2. The number of nitriles is 1. The molecule has 1 rings (SSSR count). The van der Waals surface area contributed by atoms with Crippen molar-refractivity contribution in [2.24, 2.45) is 0 Å². The number of rotatable bonds is 3. The van der Waals surface area contributed by atoms with Crippen LogP contribution in [0.4, 0.5) is 0 Å². The van der Waals surface area contributed by atoms with E-state index in [4.69, 9.17) is 9.78 Å². The van der Waals surface area contributed by atoms with Crippen LogP contribution in [0.5, 0.6) is 0 Å². The van der Waals surface area contributed by atoms with Crippen LogP contribution in [-0.2, 0) is 12.2 Å². The van der Waals surface area contributed by atoms with Crippen molar-refractivity contribution in [2.75, 3.05) is 0 Å². The van der Waals surface area contributed by atoms with Crippen molar-refractivity contribution < 1.29 is 4.52 Å². The topological polar surface area (TPSA) is 62.7 Å². The molecule has 0 aromatic carbocycles. The third kappa shape index (κ3) is 3.79. The molecule has 0 spiro atoms. The Bertz CT molecular complexity index is 335. The minimum absolute atomic E-state index is 0.188. The Labute approximate surface area is 87.7 Å². The number of thioether (sulfide) groups is 1. The van der Waals surface area contributed by atoms with Gasteiger partial charge < -0.3 is 4.52 Å². The summed E-state index contributed by atoms with van der Waals surface area (Å²) in [7, 11) is 0. The minimum Gasteiger partial charge on any atom is -0.338 e. The Kier molecular flexibility index (Phi) is 3.53. The lowest BCUT2D eigenvalue weighted by atomic mass is 10.3. The predicted octanol–water partition coefficient (Wildman–Crippen LogP) is 2.17. The van der Waals surface area contributed by atoms with Crippen LogP contribution in [0.15, 0.2) is 4.52 Å². The van der Waals surface area contributed by atoms with E-state index in [1.807, 2.05) is 6.07 Å². The van der Waals surface area contributed by atoms with E-state index < -0.39 is 0 Å². The van der Waals surface area contributed by atoms with Crippen LogP contribution >= 0.6 is 11.8 Å². The fourth-order valence-corrected chi connectivity index (χ4v) is 1.45. The molecule has 0 saturated carbocycles. The maximum atomic E-state index is 8.41. The van der Waals surface area contributed by atoms with Crippen molar-refractivity contribution in [1.82, 2.24) is 10.1 Å². The van der Waals surface area contributed by atoms with Gasteiger partial charge in [-0.1, -0.05) is 25.9 Å². The zero-order valence-corrected chi connectivity index (χ0v) is 9.39. The molecule has 0 aliphatic rings. The molecule has 0 aliphatic heterocycles. The first-order valence-corrected chi connectivity index (χ1v) is 5.32. The van der Waals surface area contributed by atoms with Gasteiger partial charge in [-0.15, -0.1) is 11.8 Å². The van der Waals surface area contributed by atoms with Gasteiger partial charge in [-0.05, 0) is 0 Å². The van der Waals surface area contributed by atoms with Gasteiger partial charge in [-0.25, -0.2) is 0 Å². The molecule has 0 saturated heterocycles. The highest BCUT2D eigenvalue weighted by Gasteiger charge is 2.13. The second-order valence-corrected chi connectivity index (χ2v) is 5.64. The van der Waals surface area contributed by atoms with Crippen LogP contribution in [-0.4, -0.2) is 14.9 Å². The molecule has 0 bridgehead atoms. The summed E-state index contributed by atoms with van der Waals surface area (Å²) in [5.74, 6) is 1.78. The summed E-state index contributed by atoms with van der Waals surface area (Å²) >= 11 is 1.75. The van der Waals surface area contributed by atoms with E-state index in [1.54, 1.807) is 11.8 Å². The lowest BCUT2D eigenvalue weighted by Gasteiger charge is -2.15. The highest BCUT2D eigenvalue weighted by Crippen LogP contribution is 2.25. The van der Waals surface area contributed by atoms with Gasteiger partial charge in [0.15, 0.2) is 5.82 Å². The van der Waals surface area contributed by atoms with E-state index in [9.17, 15) is 0 Å². The third-order valence-electron chi connectivity index (χ3n) is 1.37. The molecular weight excluding hydrogens is 198 g/mol. The normalized spacial score (nSPS) is 11.3. The molecule has 1 aromatic rings. The molecule has 0 atom stereocenters. The van der Waals surface area contributed by atoms with Crippen LogP contribution in [0.2, 0.25) is 0 Å². The molecule has 0 radical (unpaired) electrons. The molecule has 14 heavy (non-hydrogen) atoms. The Morgan fingerprint density at radius 1 is 1.50 bits per heavy atom. The highest BCUT2D eigenvalue weighted by molar-refractivity contribution is 7.99. The van der Waals surface area contributed by atoms with E-state index in [2.05, 4.69) is 30.9 Å². The van der Waals surface area contributed by atoms with Gasteiger partial charge in [0.25, 0.3) is 0 Å². The van der Waals surface area contributed by atoms with Gasteiger partial charge in [0.2, 0.25) is 5.89 Å². The monoisotopic (exact) mass is 211 g/mol. The third-order valence-corrected chi connectivity index (χ3v) is 2.64. The van der Waals surface area contributed by atoms with E-state index in [0.29, 0.717) is 11.7 Å². The molecule has 76 valence electrons. The Morgan fingerprint density at radius 3 is 2.79 bits per heavy atom. The first kappa shape index (κ1) is 11.1. The SMILES string of the molecule is CC(C)(C)SCc1noc(CC#N)n1. The molecule has 5 heteroatoms. The number of aromatic nitrogens is 2. The average Bonchev–Trinajstić information content (AvgIpc) is 2.49. The van der Waals surface area contributed by atoms with Gasteiger partial charge in [-0.2, -0.15) is 10.2 Å². The maximum Gasteiger partial charge on any atom is 0.240 e. The summed E-state index contributed by atoms with van der Waals surface area (Å²) in [6.45, 7) is 6.40. The largest absolute Gasteiger partial charge is 0.338 e. The quantitative estimate of drug-likeness (QED) is 0.766. The van der Waals surface area contributed by atoms with Gasteiger partial charge in [0.1, 0.15) is 6.42 Å². The molecule has 0 aliphatic carbocycles. The highest BCUT2D eigenvalue weighted by atomic mass is 32.2. The summed E-state index contributed by atoms with van der Waals surface area (Å²) < 4.78 is 5.06. The zero-order chi connectivity index (χ0) is 10.6. The molecule has 4 nitrogen and oxygen atoms in total. The number of nitrogens with zero attached hydrogens (tertiary/aromatic N) is 3. The molecule has 0 fully saturated rings. The predicted molar refractivity (Wildman–Crippen MR) is 54.7 cm³/mol. The van der Waals surface area contributed by atoms with Crippen LogP contribution in [0.3, 0.4) is 0 Å². The number of hydrogen-bond acceptors (Lipinski definition) is 5. The smallest absolute Gasteiger partial charge is 0.240 e. The fraction of sp³-hybridized carbons (Fsp3) is 0.667. The van der Waals surface area contributed by atoms with Crippen molar-refractivity contribution in [2.45, 2.75) is 37.7 Å². The van der Waals surface area contributed by atoms with Crippen molar-refractivity contribution in [3.63, 3.8) is 0 Å². The van der Waals surface area contributed by atoms with Crippen molar-refractivity contribution in [3.8, 4) is 6.07 Å². The molecule has 0 N–H and O–H groups in total. The number of hydrogen-bond donors (Lipinski definition) is 0. The second kappa shape index (κ2) is 4.47.